The molecule has 0 aromatic heterocycles. The van der Waals surface area contributed by atoms with Crippen molar-refractivity contribution in [2.24, 2.45) is 0 Å². The van der Waals surface area contributed by atoms with Crippen LogP contribution in [0, 0.1) is 22.6 Å². The summed E-state index contributed by atoms with van der Waals surface area (Å²) < 4.78 is 22.5. The number of nitriles is 1. The summed E-state index contributed by atoms with van der Waals surface area (Å²) in [6, 6.07) is 15.4. The van der Waals surface area contributed by atoms with Crippen LogP contribution in [0.15, 0.2) is 73.1 Å². The third-order valence-corrected chi connectivity index (χ3v) is 6.30. The lowest BCUT2D eigenvalue weighted by atomic mass is 10.0. The Morgan fingerprint density at radius 3 is 2.83 bits per heavy atom. The molecular formula is C27H23FN6O2. The van der Waals surface area contributed by atoms with E-state index in [9.17, 15) is 4.79 Å². The topological polar surface area (TPSA) is 111 Å². The molecule has 0 saturated carbocycles. The first-order valence-corrected chi connectivity index (χ1v) is 11.5. The zero-order valence-electron chi connectivity index (χ0n) is 19.4. The number of likely N-dealkylation sites (tertiary alicyclic amines) is 1. The highest BCUT2D eigenvalue weighted by Gasteiger charge is 2.32. The number of carbonyl (C=O) groups is 1. The maximum absolute atomic E-state index is 15.1. The number of hydrogen-bond donors (Lipinski definition) is 2. The fourth-order valence-electron chi connectivity index (χ4n) is 4.53. The first-order chi connectivity index (χ1) is 17.5. The number of ether oxygens (including phenoxy) is 1. The Hall–Kier alpha value is -4.71. The summed E-state index contributed by atoms with van der Waals surface area (Å²) in [6.45, 7) is 4.06. The number of hydrogen-bond acceptors (Lipinski definition) is 5. The first kappa shape index (κ1) is 23.1. The van der Waals surface area contributed by atoms with E-state index in [0.717, 1.165) is 12.8 Å². The third kappa shape index (κ3) is 4.25. The van der Waals surface area contributed by atoms with Gasteiger partial charge in [-0.15, -0.1) is 0 Å². The predicted octanol–water partition coefficient (Wildman–Crippen LogP) is 5.20. The monoisotopic (exact) mass is 482 g/mol. The highest BCUT2D eigenvalue weighted by atomic mass is 19.1. The van der Waals surface area contributed by atoms with E-state index < -0.39 is 11.7 Å². The minimum absolute atomic E-state index is 0.107. The molecule has 3 aliphatic heterocycles. The molecule has 0 unspecified atom stereocenters. The van der Waals surface area contributed by atoms with Gasteiger partial charge in [0.05, 0.1) is 5.69 Å². The van der Waals surface area contributed by atoms with Gasteiger partial charge in [-0.1, -0.05) is 24.8 Å². The Balaban J connectivity index is 1.40. The highest BCUT2D eigenvalue weighted by molar-refractivity contribution is 5.97. The Morgan fingerprint density at radius 2 is 2.08 bits per heavy atom. The van der Waals surface area contributed by atoms with Crippen molar-refractivity contribution in [3.05, 3.63) is 78.9 Å². The second kappa shape index (κ2) is 9.50. The molecule has 180 valence electrons. The molecule has 2 aromatic rings. The average Bonchev–Trinajstić information content (AvgIpc) is 3.33. The van der Waals surface area contributed by atoms with Gasteiger partial charge < -0.3 is 14.6 Å². The number of halogens is 1. The van der Waals surface area contributed by atoms with E-state index in [1.165, 1.54) is 6.07 Å². The number of benzene rings is 2. The number of aromatic amines is 1. The fourth-order valence-corrected chi connectivity index (χ4v) is 4.53. The Morgan fingerprint density at radius 1 is 1.28 bits per heavy atom. The number of amides is 1. The molecule has 1 atom stereocenters. The van der Waals surface area contributed by atoms with Gasteiger partial charge in [-0.3, -0.25) is 14.8 Å². The molecule has 1 saturated heterocycles. The molecule has 2 aromatic carbocycles. The highest BCUT2D eigenvalue weighted by Crippen LogP contribution is 2.38. The Labute approximate surface area is 207 Å². The maximum Gasteiger partial charge on any atom is 0.264 e. The van der Waals surface area contributed by atoms with Crippen LogP contribution in [-0.2, 0) is 4.79 Å². The van der Waals surface area contributed by atoms with E-state index in [0.29, 0.717) is 40.8 Å². The fraction of sp³-hybridized carbons (Fsp3) is 0.185. The summed E-state index contributed by atoms with van der Waals surface area (Å²) in [7, 11) is 0. The average molecular weight is 483 g/mol. The number of rotatable bonds is 6. The molecule has 0 radical (unpaired) electrons. The maximum atomic E-state index is 15.1. The van der Waals surface area contributed by atoms with Crippen molar-refractivity contribution in [2.75, 3.05) is 6.54 Å². The number of nitrogens with zero attached hydrogens (tertiary/aromatic N) is 4. The molecule has 8 nitrogen and oxygen atoms in total. The standard InChI is InChI=1S/C27H23FN6O2/c1-17(16-29)27(35)33-12-5-6-18(33)14-23(30)34-13-11-31-26-25(34)24(32-26)21-10-9-20(15-22(21)28)36-19-7-3-2-4-8-19/h2-4,7-11,13,15,18,30H,1,5-6,12,14H2,(H,31,32)/t18-/m0/s1. The molecule has 5 rings (SSSR count). The molecule has 0 spiro atoms. The van der Waals surface area contributed by atoms with Gasteiger partial charge in [-0.05, 0) is 37.1 Å². The van der Waals surface area contributed by atoms with Crippen LogP contribution in [0.1, 0.15) is 19.3 Å². The number of aromatic nitrogens is 3. The van der Waals surface area contributed by atoms with Crippen molar-refractivity contribution < 1.29 is 13.9 Å². The number of H-pyrrole nitrogens is 1. The van der Waals surface area contributed by atoms with Gasteiger partial charge in [0.15, 0.2) is 5.82 Å². The van der Waals surface area contributed by atoms with Crippen LogP contribution < -0.4 is 4.74 Å². The van der Waals surface area contributed by atoms with Crippen molar-refractivity contribution in [3.8, 4) is 40.3 Å². The van der Waals surface area contributed by atoms with Crippen molar-refractivity contribution in [1.29, 1.82) is 10.7 Å². The van der Waals surface area contributed by atoms with Crippen LogP contribution in [0.2, 0.25) is 0 Å². The number of fused-ring (bicyclic) bond motifs is 1. The van der Waals surface area contributed by atoms with Crippen LogP contribution in [0.25, 0.3) is 22.8 Å². The molecule has 9 heteroatoms. The Kier molecular flexibility index (Phi) is 6.09. The van der Waals surface area contributed by atoms with E-state index in [2.05, 4.69) is 16.5 Å². The smallest absolute Gasteiger partial charge is 0.264 e. The number of para-hydroxylation sites is 1. The normalized spacial score (nSPS) is 15.1. The van der Waals surface area contributed by atoms with Gasteiger partial charge in [0.25, 0.3) is 5.91 Å². The van der Waals surface area contributed by atoms with Crippen LogP contribution in [0.5, 0.6) is 11.5 Å². The van der Waals surface area contributed by atoms with E-state index in [1.54, 1.807) is 46.1 Å². The molecule has 36 heavy (non-hydrogen) atoms. The molecule has 3 aliphatic rings. The summed E-state index contributed by atoms with van der Waals surface area (Å²) >= 11 is 0. The summed E-state index contributed by atoms with van der Waals surface area (Å²) in [5.41, 5.74) is 1.34. The van der Waals surface area contributed by atoms with Gasteiger partial charge in [-0.25, -0.2) is 9.37 Å². The lowest BCUT2D eigenvalue weighted by Crippen LogP contribution is -2.38. The van der Waals surface area contributed by atoms with Crippen molar-refractivity contribution in [1.82, 2.24) is 19.4 Å². The molecular weight excluding hydrogens is 459 g/mol. The van der Waals surface area contributed by atoms with Gasteiger partial charge in [0, 0.05) is 43.0 Å². The second-order valence-electron chi connectivity index (χ2n) is 8.59. The van der Waals surface area contributed by atoms with E-state index in [1.807, 2.05) is 24.3 Å². The van der Waals surface area contributed by atoms with E-state index in [-0.39, 0.29) is 23.9 Å². The summed E-state index contributed by atoms with van der Waals surface area (Å²) in [6.07, 6.45) is 5.03. The van der Waals surface area contributed by atoms with E-state index in [4.69, 9.17) is 15.4 Å². The summed E-state index contributed by atoms with van der Waals surface area (Å²) in [5.74, 6) is 0.898. The zero-order valence-corrected chi connectivity index (χ0v) is 19.4. The Bertz CT molecular complexity index is 1460. The SMILES string of the molecule is C=C(C#N)C(=O)N1CCC[C@H]1CC(=N)n1ccnc2[nH]c(-c3ccc(Oc4ccccc4)cc3F)c1-2. The van der Waals surface area contributed by atoms with Crippen LogP contribution in [0.3, 0.4) is 0 Å². The van der Waals surface area contributed by atoms with Crippen LogP contribution in [0.4, 0.5) is 4.39 Å². The second-order valence-corrected chi connectivity index (χ2v) is 8.59. The van der Waals surface area contributed by atoms with E-state index >= 15 is 4.39 Å². The van der Waals surface area contributed by atoms with Crippen molar-refractivity contribution in [2.45, 2.75) is 25.3 Å². The minimum Gasteiger partial charge on any atom is -0.457 e. The summed E-state index contributed by atoms with van der Waals surface area (Å²) in [4.78, 5) is 21.5. The van der Waals surface area contributed by atoms with Gasteiger partial charge in [-0.2, -0.15) is 5.26 Å². The van der Waals surface area contributed by atoms with Crippen molar-refractivity contribution >= 4 is 11.7 Å². The van der Waals surface area contributed by atoms with Gasteiger partial charge in [0.2, 0.25) is 0 Å². The number of carbonyl (C=O) groups excluding carboxylic acids is 1. The predicted molar refractivity (Wildman–Crippen MR) is 132 cm³/mol. The quantitative estimate of drug-likeness (QED) is 0.170. The first-order valence-electron chi connectivity index (χ1n) is 11.5. The zero-order chi connectivity index (χ0) is 25.2. The lowest BCUT2D eigenvalue weighted by Gasteiger charge is -2.27. The molecule has 2 N–H and O–H groups in total. The summed E-state index contributed by atoms with van der Waals surface area (Å²) in [5, 5.41) is 17.8. The van der Waals surface area contributed by atoms with Crippen molar-refractivity contribution in [3.63, 3.8) is 0 Å². The largest absolute Gasteiger partial charge is 0.457 e. The van der Waals surface area contributed by atoms with Crippen LogP contribution in [-0.4, -0.2) is 43.8 Å². The third-order valence-electron chi connectivity index (χ3n) is 6.30. The molecule has 0 bridgehead atoms. The molecule has 1 fully saturated rings. The molecule has 0 aliphatic carbocycles. The lowest BCUT2D eigenvalue weighted by molar-refractivity contribution is -0.127. The molecule has 3 heterocycles. The number of nitrogens with one attached hydrogen (secondary N) is 2. The minimum atomic E-state index is -0.471. The van der Waals surface area contributed by atoms with Gasteiger partial charge in [0.1, 0.15) is 40.5 Å². The van der Waals surface area contributed by atoms with Gasteiger partial charge >= 0.3 is 0 Å². The van der Waals surface area contributed by atoms with Crippen LogP contribution >= 0.6 is 0 Å². The molecule has 1 amide bonds.